The molecule has 1 aromatic carbocycles. The summed E-state index contributed by atoms with van der Waals surface area (Å²) in [6.07, 6.45) is 0.976. The highest BCUT2D eigenvalue weighted by molar-refractivity contribution is 5.97. The van der Waals surface area contributed by atoms with E-state index in [2.05, 4.69) is 27.3 Å². The van der Waals surface area contributed by atoms with Crippen molar-refractivity contribution >= 4 is 17.6 Å². The van der Waals surface area contributed by atoms with E-state index in [-0.39, 0.29) is 57.7 Å². The standard InChI is InChI=1S/C29H32FN5O5.2H2/c1-17-14-35(18(2)16-36)28(37)24-12-22(7-6-21-8-10-23(30)11-9-21)13-31-27(24)39-25(17)15-34(5)29(38)32-26-19(3)33-40-20(26)4;;/h8-13,17-18,25,36H,14-16H2,1-5H3,(H,32,38);2*1H/t17-,18+,25-;;/m0../s1. The number of nitrogens with one attached hydrogen (secondary N) is 1. The third-order valence-electron chi connectivity index (χ3n) is 6.78. The van der Waals surface area contributed by atoms with Crippen molar-refractivity contribution < 1.29 is 31.2 Å². The Balaban J connectivity index is 0.00000308. The number of rotatable bonds is 5. The van der Waals surface area contributed by atoms with Crippen molar-refractivity contribution in [2.24, 2.45) is 5.92 Å². The van der Waals surface area contributed by atoms with Crippen molar-refractivity contribution in [1.82, 2.24) is 19.9 Å². The summed E-state index contributed by atoms with van der Waals surface area (Å²) < 4.78 is 24.6. The summed E-state index contributed by atoms with van der Waals surface area (Å²) in [6, 6.07) is 6.53. The second kappa shape index (κ2) is 12.2. The van der Waals surface area contributed by atoms with Gasteiger partial charge in [0, 0.05) is 39.7 Å². The summed E-state index contributed by atoms with van der Waals surface area (Å²) in [5.74, 6) is 5.60. The number of aryl methyl sites for hydroxylation is 2. The maximum absolute atomic E-state index is 13.6. The molecule has 2 N–H and O–H groups in total. The number of hydrogen-bond acceptors (Lipinski definition) is 7. The molecule has 10 nitrogen and oxygen atoms in total. The SMILES string of the molecule is Cc1noc(C)c1NC(=O)N(C)C[C@@H]1Oc2ncc(C#Cc3ccc(F)cc3)cc2C(=O)N([C@H](C)CO)C[C@@H]1C.[HH].[HH]. The summed E-state index contributed by atoms with van der Waals surface area (Å²) >= 11 is 0. The first-order valence-electron chi connectivity index (χ1n) is 12.9. The number of carbonyl (C=O) groups excluding carboxylic acids is 2. The van der Waals surface area contributed by atoms with Crippen LogP contribution in [-0.2, 0) is 0 Å². The average molecular weight is 554 g/mol. The molecule has 3 aromatic rings. The van der Waals surface area contributed by atoms with Crippen LogP contribution in [0.1, 0.15) is 49.6 Å². The Morgan fingerprint density at radius 2 is 2.00 bits per heavy atom. The van der Waals surface area contributed by atoms with Crippen LogP contribution in [-0.4, -0.2) is 75.9 Å². The molecular weight excluding hydrogens is 517 g/mol. The number of aliphatic hydroxyl groups is 1. The van der Waals surface area contributed by atoms with Crippen molar-refractivity contribution in [3.8, 4) is 17.7 Å². The van der Waals surface area contributed by atoms with Crippen molar-refractivity contribution in [3.05, 3.63) is 70.5 Å². The van der Waals surface area contributed by atoms with Gasteiger partial charge in [0.1, 0.15) is 28.9 Å². The van der Waals surface area contributed by atoms with E-state index >= 15 is 0 Å². The third-order valence-corrected chi connectivity index (χ3v) is 6.78. The number of fused-ring (bicyclic) bond motifs is 1. The van der Waals surface area contributed by atoms with Crippen LogP contribution >= 0.6 is 0 Å². The molecule has 2 aromatic heterocycles. The van der Waals surface area contributed by atoms with E-state index in [0.717, 1.165) is 0 Å². The van der Waals surface area contributed by atoms with E-state index in [1.54, 1.807) is 50.9 Å². The van der Waals surface area contributed by atoms with Gasteiger partial charge >= 0.3 is 6.03 Å². The Labute approximate surface area is 235 Å². The number of aliphatic hydroxyl groups excluding tert-OH is 1. The zero-order valence-electron chi connectivity index (χ0n) is 23.1. The van der Waals surface area contributed by atoms with Gasteiger partial charge in [-0.3, -0.25) is 4.79 Å². The predicted octanol–water partition coefficient (Wildman–Crippen LogP) is 4.10. The van der Waals surface area contributed by atoms with Crippen molar-refractivity contribution in [2.45, 2.75) is 39.8 Å². The van der Waals surface area contributed by atoms with E-state index in [1.165, 1.54) is 23.2 Å². The lowest BCUT2D eigenvalue weighted by Crippen LogP contribution is -2.50. The molecule has 214 valence electrons. The molecule has 0 aliphatic carbocycles. The number of ether oxygens (including phenoxy) is 1. The van der Waals surface area contributed by atoms with E-state index in [4.69, 9.17) is 9.26 Å². The minimum Gasteiger partial charge on any atom is -0.472 e. The first-order chi connectivity index (χ1) is 19.1. The minimum atomic E-state index is -0.524. The first-order valence-corrected chi connectivity index (χ1v) is 12.9. The summed E-state index contributed by atoms with van der Waals surface area (Å²) in [5.41, 5.74) is 2.36. The van der Waals surface area contributed by atoms with Crippen LogP contribution in [0.3, 0.4) is 0 Å². The largest absolute Gasteiger partial charge is 0.472 e. The second-order valence-electron chi connectivity index (χ2n) is 9.97. The van der Waals surface area contributed by atoms with Crippen LogP contribution < -0.4 is 10.1 Å². The Morgan fingerprint density at radius 1 is 1.30 bits per heavy atom. The van der Waals surface area contributed by atoms with Gasteiger partial charge in [0.05, 0.1) is 19.2 Å². The highest BCUT2D eigenvalue weighted by atomic mass is 19.1. The molecular formula is C29H36FN5O5. The number of amides is 3. The van der Waals surface area contributed by atoms with E-state index in [0.29, 0.717) is 28.3 Å². The van der Waals surface area contributed by atoms with Crippen LogP contribution in [0, 0.1) is 37.4 Å². The second-order valence-corrected chi connectivity index (χ2v) is 9.97. The van der Waals surface area contributed by atoms with Gasteiger partial charge in [-0.1, -0.05) is 23.9 Å². The van der Waals surface area contributed by atoms with Crippen LogP contribution in [0.25, 0.3) is 0 Å². The lowest BCUT2D eigenvalue weighted by atomic mass is 10.00. The van der Waals surface area contributed by atoms with Gasteiger partial charge < -0.3 is 29.5 Å². The van der Waals surface area contributed by atoms with Crippen LogP contribution in [0.5, 0.6) is 5.88 Å². The van der Waals surface area contributed by atoms with Gasteiger partial charge in [0.15, 0.2) is 5.76 Å². The molecule has 40 heavy (non-hydrogen) atoms. The summed E-state index contributed by atoms with van der Waals surface area (Å²) in [5, 5.41) is 16.6. The Morgan fingerprint density at radius 3 is 2.65 bits per heavy atom. The number of urea groups is 1. The molecule has 3 heterocycles. The number of likely N-dealkylation sites (N-methyl/N-ethyl adjacent to an activating group) is 1. The topological polar surface area (TPSA) is 121 Å². The van der Waals surface area contributed by atoms with Crippen LogP contribution in [0.4, 0.5) is 14.9 Å². The molecule has 0 unspecified atom stereocenters. The third kappa shape index (κ3) is 6.40. The van der Waals surface area contributed by atoms with Crippen LogP contribution in [0.15, 0.2) is 41.1 Å². The molecule has 1 aliphatic rings. The number of halogens is 1. The number of hydrogen-bond donors (Lipinski definition) is 2. The molecule has 0 radical (unpaired) electrons. The molecule has 0 fully saturated rings. The highest BCUT2D eigenvalue weighted by Gasteiger charge is 2.35. The predicted molar refractivity (Wildman–Crippen MR) is 150 cm³/mol. The van der Waals surface area contributed by atoms with Gasteiger partial charge in [0.25, 0.3) is 5.91 Å². The van der Waals surface area contributed by atoms with E-state index < -0.39 is 12.1 Å². The monoisotopic (exact) mass is 553 g/mol. The average Bonchev–Trinajstić information content (AvgIpc) is 3.26. The molecule has 3 amide bonds. The van der Waals surface area contributed by atoms with Gasteiger partial charge in [0.2, 0.25) is 5.88 Å². The van der Waals surface area contributed by atoms with Gasteiger partial charge in [-0.25, -0.2) is 14.2 Å². The van der Waals surface area contributed by atoms with Gasteiger partial charge in [-0.05, 0) is 51.1 Å². The molecule has 1 aliphatic heterocycles. The molecule has 3 atom stereocenters. The Hall–Kier alpha value is -4.43. The number of nitrogens with zero attached hydrogens (tertiary/aromatic N) is 4. The number of aromatic nitrogens is 2. The molecule has 0 saturated carbocycles. The normalized spacial score (nSPS) is 17.5. The Kier molecular flexibility index (Phi) is 8.70. The summed E-state index contributed by atoms with van der Waals surface area (Å²) in [4.78, 5) is 34.0. The fourth-order valence-electron chi connectivity index (χ4n) is 4.28. The number of benzene rings is 1. The minimum absolute atomic E-state index is 0. The fraction of sp³-hybridized carbons (Fsp3) is 0.379. The molecule has 4 rings (SSSR count). The maximum Gasteiger partial charge on any atom is 0.321 e. The lowest BCUT2D eigenvalue weighted by molar-refractivity contribution is 0.0356. The first kappa shape index (κ1) is 28.6. The van der Waals surface area contributed by atoms with E-state index in [9.17, 15) is 19.1 Å². The van der Waals surface area contributed by atoms with Crippen LogP contribution in [0.2, 0.25) is 0 Å². The highest BCUT2D eigenvalue weighted by Crippen LogP contribution is 2.27. The molecule has 0 bridgehead atoms. The van der Waals surface area contributed by atoms with Gasteiger partial charge in [-0.2, -0.15) is 0 Å². The number of pyridine rings is 1. The number of anilines is 1. The van der Waals surface area contributed by atoms with Crippen molar-refractivity contribution in [3.63, 3.8) is 0 Å². The zero-order valence-corrected chi connectivity index (χ0v) is 23.1. The van der Waals surface area contributed by atoms with Crippen molar-refractivity contribution in [2.75, 3.05) is 32.1 Å². The summed E-state index contributed by atoms with van der Waals surface area (Å²) in [6.45, 7) is 7.38. The fourth-order valence-corrected chi connectivity index (χ4v) is 4.28. The smallest absolute Gasteiger partial charge is 0.321 e. The quantitative estimate of drug-likeness (QED) is 0.456. The number of carbonyl (C=O) groups is 2. The molecule has 0 saturated heterocycles. The zero-order chi connectivity index (χ0) is 29.0. The van der Waals surface area contributed by atoms with Gasteiger partial charge in [-0.15, -0.1) is 0 Å². The summed E-state index contributed by atoms with van der Waals surface area (Å²) in [7, 11) is 1.64. The van der Waals surface area contributed by atoms with E-state index in [1.807, 2.05) is 6.92 Å². The van der Waals surface area contributed by atoms with Crippen molar-refractivity contribution in [1.29, 1.82) is 0 Å². The maximum atomic E-state index is 13.6. The lowest BCUT2D eigenvalue weighted by Gasteiger charge is -2.37. The molecule has 0 spiro atoms. The molecule has 11 heteroatoms. The Bertz CT molecular complexity index is 1440.